The Balaban J connectivity index is 2.45. The van der Waals surface area contributed by atoms with E-state index in [1.165, 1.54) is 6.92 Å². The molecule has 24 heavy (non-hydrogen) atoms. The lowest BCUT2D eigenvalue weighted by atomic mass is 10.1. The van der Waals surface area contributed by atoms with Gasteiger partial charge < -0.3 is 9.15 Å². The number of carbonyl (C=O) groups excluding carboxylic acids is 1. The van der Waals surface area contributed by atoms with Crippen LogP contribution in [-0.4, -0.2) is 5.97 Å². The van der Waals surface area contributed by atoms with E-state index < -0.39 is 11.4 Å². The third-order valence-corrected chi connectivity index (χ3v) is 3.97. The van der Waals surface area contributed by atoms with Gasteiger partial charge in [0.05, 0.1) is 10.4 Å². The first-order valence-electron chi connectivity index (χ1n) is 7.40. The Hall–Kier alpha value is -2.59. The third-order valence-electron chi connectivity index (χ3n) is 3.64. The molecule has 0 amide bonds. The number of hydrogen-bond acceptors (Lipinski definition) is 4. The molecule has 1 aromatic heterocycles. The summed E-state index contributed by atoms with van der Waals surface area (Å²) in [6.45, 7) is 4.99. The van der Waals surface area contributed by atoms with Crippen molar-refractivity contribution in [2.24, 2.45) is 0 Å². The molecule has 0 aliphatic heterocycles. The van der Waals surface area contributed by atoms with Crippen LogP contribution in [0, 0.1) is 13.8 Å². The Kier molecular flexibility index (Phi) is 4.16. The first-order chi connectivity index (χ1) is 11.4. The van der Waals surface area contributed by atoms with Crippen LogP contribution in [0.25, 0.3) is 22.3 Å². The van der Waals surface area contributed by atoms with Gasteiger partial charge in [-0.15, -0.1) is 0 Å². The molecule has 0 atom stereocenters. The van der Waals surface area contributed by atoms with Crippen LogP contribution in [0.3, 0.4) is 0 Å². The summed E-state index contributed by atoms with van der Waals surface area (Å²) in [6.07, 6.45) is 0. The largest absolute Gasteiger partial charge is 0.452 e. The first kappa shape index (κ1) is 16.3. The Labute approximate surface area is 143 Å². The predicted octanol–water partition coefficient (Wildman–Crippen LogP) is 4.66. The number of carbonyl (C=O) groups is 1. The minimum atomic E-state index is -0.598. The molecule has 0 N–H and O–H groups in total. The van der Waals surface area contributed by atoms with Gasteiger partial charge in [0.1, 0.15) is 5.58 Å². The third kappa shape index (κ3) is 2.81. The predicted molar refractivity (Wildman–Crippen MR) is 93.7 cm³/mol. The second-order valence-corrected chi connectivity index (χ2v) is 6.03. The molecule has 5 heteroatoms. The van der Waals surface area contributed by atoms with E-state index in [0.717, 1.165) is 11.1 Å². The van der Waals surface area contributed by atoms with Crippen LogP contribution in [0.5, 0.6) is 5.75 Å². The van der Waals surface area contributed by atoms with Crippen molar-refractivity contribution in [3.8, 4) is 17.1 Å². The van der Waals surface area contributed by atoms with Crippen LogP contribution in [-0.2, 0) is 4.79 Å². The van der Waals surface area contributed by atoms with Crippen LogP contribution >= 0.6 is 11.6 Å². The SMILES string of the molecule is CC(=O)Oc1c(-c2ccccc2Cl)oc2c(C)cc(C)cc2c1=O. The molecule has 4 nitrogen and oxygen atoms in total. The fourth-order valence-electron chi connectivity index (χ4n) is 2.69. The van der Waals surface area contributed by atoms with E-state index in [4.69, 9.17) is 20.8 Å². The van der Waals surface area contributed by atoms with Crippen LogP contribution in [0.2, 0.25) is 5.02 Å². The van der Waals surface area contributed by atoms with Gasteiger partial charge in [-0.3, -0.25) is 9.59 Å². The number of hydrogen-bond donors (Lipinski definition) is 0. The van der Waals surface area contributed by atoms with E-state index in [-0.39, 0.29) is 11.5 Å². The Morgan fingerprint density at radius 1 is 1.17 bits per heavy atom. The Morgan fingerprint density at radius 3 is 2.54 bits per heavy atom. The van der Waals surface area contributed by atoms with Gasteiger partial charge >= 0.3 is 5.97 Å². The lowest BCUT2D eigenvalue weighted by Gasteiger charge is -2.12. The maximum Gasteiger partial charge on any atom is 0.308 e. The minimum absolute atomic E-state index is 0.145. The molecule has 122 valence electrons. The highest BCUT2D eigenvalue weighted by molar-refractivity contribution is 6.33. The van der Waals surface area contributed by atoms with Crippen LogP contribution < -0.4 is 10.2 Å². The summed E-state index contributed by atoms with van der Waals surface area (Å²) in [5, 5.41) is 0.776. The molecule has 0 aliphatic carbocycles. The van der Waals surface area contributed by atoms with Gasteiger partial charge in [0.25, 0.3) is 0 Å². The fourth-order valence-corrected chi connectivity index (χ4v) is 2.91. The van der Waals surface area contributed by atoms with Crippen LogP contribution in [0.1, 0.15) is 18.1 Å². The van der Waals surface area contributed by atoms with E-state index >= 15 is 0 Å². The van der Waals surface area contributed by atoms with Gasteiger partial charge in [-0.05, 0) is 43.2 Å². The summed E-state index contributed by atoms with van der Waals surface area (Å²) in [5.41, 5.74) is 2.30. The normalized spacial score (nSPS) is 10.8. The van der Waals surface area contributed by atoms with Gasteiger partial charge in [-0.1, -0.05) is 29.8 Å². The molecule has 0 saturated carbocycles. The second-order valence-electron chi connectivity index (χ2n) is 5.62. The van der Waals surface area contributed by atoms with E-state index in [2.05, 4.69) is 0 Å². The Bertz CT molecular complexity index is 1020. The number of esters is 1. The maximum absolute atomic E-state index is 12.9. The maximum atomic E-state index is 12.9. The highest BCUT2D eigenvalue weighted by Crippen LogP contribution is 2.36. The van der Waals surface area contributed by atoms with Crippen molar-refractivity contribution in [2.75, 3.05) is 0 Å². The fraction of sp³-hybridized carbons (Fsp3) is 0.158. The molecular weight excluding hydrogens is 328 g/mol. The molecule has 0 radical (unpaired) electrons. The summed E-state index contributed by atoms with van der Waals surface area (Å²) in [5.74, 6) is -0.590. The van der Waals surface area contributed by atoms with Crippen molar-refractivity contribution in [1.29, 1.82) is 0 Å². The highest BCUT2D eigenvalue weighted by Gasteiger charge is 2.21. The number of fused-ring (bicyclic) bond motifs is 1. The molecule has 0 fully saturated rings. The zero-order valence-electron chi connectivity index (χ0n) is 13.5. The minimum Gasteiger partial charge on any atom is -0.452 e. The summed E-state index contributed by atoms with van der Waals surface area (Å²) in [6, 6.07) is 10.6. The van der Waals surface area contributed by atoms with Crippen molar-refractivity contribution >= 4 is 28.5 Å². The molecule has 0 spiro atoms. The van der Waals surface area contributed by atoms with Gasteiger partial charge in [0.2, 0.25) is 11.2 Å². The quantitative estimate of drug-likeness (QED) is 0.636. The smallest absolute Gasteiger partial charge is 0.308 e. The number of halogens is 1. The first-order valence-corrected chi connectivity index (χ1v) is 7.77. The van der Waals surface area contributed by atoms with E-state index in [1.807, 2.05) is 19.9 Å². The molecule has 1 heterocycles. The average molecular weight is 343 g/mol. The zero-order chi connectivity index (χ0) is 17.4. The molecule has 0 aliphatic rings. The molecule has 0 unspecified atom stereocenters. The van der Waals surface area contributed by atoms with Crippen LogP contribution in [0.15, 0.2) is 45.6 Å². The standard InChI is InChI=1S/C19H15ClO4/c1-10-8-11(2)17-14(9-10)16(22)19(23-12(3)21)18(24-17)13-6-4-5-7-15(13)20/h4-9H,1-3H3. The zero-order valence-corrected chi connectivity index (χ0v) is 14.2. The van der Waals surface area contributed by atoms with Gasteiger partial charge in [0.15, 0.2) is 5.76 Å². The van der Waals surface area contributed by atoms with E-state index in [0.29, 0.717) is 21.6 Å². The highest BCUT2D eigenvalue weighted by atomic mass is 35.5. The second kappa shape index (κ2) is 6.13. The molecule has 0 saturated heterocycles. The summed E-state index contributed by atoms with van der Waals surface area (Å²) >= 11 is 6.23. The number of aryl methyl sites for hydroxylation is 2. The van der Waals surface area contributed by atoms with Crippen molar-refractivity contribution < 1.29 is 13.9 Å². The van der Waals surface area contributed by atoms with E-state index in [9.17, 15) is 9.59 Å². The van der Waals surface area contributed by atoms with Crippen molar-refractivity contribution in [3.05, 3.63) is 62.8 Å². The topological polar surface area (TPSA) is 56.5 Å². The summed E-state index contributed by atoms with van der Waals surface area (Å²) < 4.78 is 11.1. The Morgan fingerprint density at radius 2 is 1.88 bits per heavy atom. The van der Waals surface area contributed by atoms with Crippen molar-refractivity contribution in [1.82, 2.24) is 0 Å². The number of rotatable bonds is 2. The van der Waals surface area contributed by atoms with Gasteiger partial charge in [0, 0.05) is 12.5 Å². The van der Waals surface area contributed by atoms with E-state index in [1.54, 1.807) is 30.3 Å². The molecule has 2 aromatic carbocycles. The summed E-state index contributed by atoms with van der Waals surface area (Å²) in [4.78, 5) is 24.4. The monoisotopic (exact) mass is 342 g/mol. The number of benzene rings is 2. The average Bonchev–Trinajstić information content (AvgIpc) is 2.51. The molecular formula is C19H15ClO4. The van der Waals surface area contributed by atoms with Crippen molar-refractivity contribution in [3.63, 3.8) is 0 Å². The molecule has 3 aromatic rings. The van der Waals surface area contributed by atoms with Gasteiger partial charge in [-0.2, -0.15) is 0 Å². The number of ether oxygens (including phenoxy) is 1. The van der Waals surface area contributed by atoms with Crippen molar-refractivity contribution in [2.45, 2.75) is 20.8 Å². The summed E-state index contributed by atoms with van der Waals surface area (Å²) in [7, 11) is 0. The lowest BCUT2D eigenvalue weighted by Crippen LogP contribution is -2.14. The van der Waals surface area contributed by atoms with Gasteiger partial charge in [-0.25, -0.2) is 0 Å². The lowest BCUT2D eigenvalue weighted by molar-refractivity contribution is -0.131. The van der Waals surface area contributed by atoms with Crippen LogP contribution in [0.4, 0.5) is 0 Å². The molecule has 3 rings (SSSR count). The molecule has 0 bridgehead atoms.